The van der Waals surface area contributed by atoms with Gasteiger partial charge in [0.15, 0.2) is 6.20 Å². The van der Waals surface area contributed by atoms with Gasteiger partial charge in [-0.05, 0) is 86.3 Å². The molecule has 11 heteroatoms. The van der Waals surface area contributed by atoms with Crippen molar-refractivity contribution in [1.29, 1.82) is 0 Å². The summed E-state index contributed by atoms with van der Waals surface area (Å²) in [5.74, 6) is 0.741. The van der Waals surface area contributed by atoms with Gasteiger partial charge in [0.2, 0.25) is 11.6 Å². The third-order valence-electron chi connectivity index (χ3n) is 9.46. The topological polar surface area (TPSA) is 134 Å². The van der Waals surface area contributed by atoms with Crippen molar-refractivity contribution in [2.24, 2.45) is 5.92 Å². The van der Waals surface area contributed by atoms with Crippen molar-refractivity contribution >= 4 is 50.8 Å². The monoisotopic (exact) mass is 652 g/mol. The first-order chi connectivity index (χ1) is 22.7. The predicted molar refractivity (Wildman–Crippen MR) is 183 cm³/mol. The number of nitrogens with zero attached hydrogens (tertiary/aromatic N) is 4. The molecular formula is C36H39ClN7O3+. The molecular weight excluding hydrogens is 614 g/mol. The van der Waals surface area contributed by atoms with E-state index < -0.39 is 5.63 Å². The molecule has 10 nitrogen and oxygen atoms in total. The van der Waals surface area contributed by atoms with Crippen LogP contribution in [0.15, 0.2) is 69.5 Å². The second-order valence-electron chi connectivity index (χ2n) is 13.1. The lowest BCUT2D eigenvalue weighted by Gasteiger charge is -2.36. The number of carbonyl (C=O) groups excluding carboxylic acids is 1. The number of hydrogen-bond acceptors (Lipinski definition) is 7. The molecule has 2 aliphatic rings. The van der Waals surface area contributed by atoms with Gasteiger partial charge in [0, 0.05) is 69.8 Å². The average molecular weight is 653 g/mol. The molecule has 242 valence electrons. The van der Waals surface area contributed by atoms with Crippen LogP contribution in [-0.2, 0) is 30.7 Å². The lowest BCUT2D eigenvalue weighted by Crippen LogP contribution is -2.35. The summed E-state index contributed by atoms with van der Waals surface area (Å²) in [6, 6.07) is 12.8. The number of nitrogen functional groups attached to an aromatic ring is 1. The molecule has 0 aliphatic heterocycles. The number of nitrogens with one attached hydrogen (secondary N) is 2. The largest absolute Gasteiger partial charge is 0.423 e. The van der Waals surface area contributed by atoms with Crippen LogP contribution in [0.25, 0.3) is 21.9 Å². The average Bonchev–Trinajstić information content (AvgIpc) is 3.49. The van der Waals surface area contributed by atoms with E-state index in [1.807, 2.05) is 66.3 Å². The number of carbonyl (C=O) groups is 1. The minimum absolute atomic E-state index is 0.0750. The minimum Gasteiger partial charge on any atom is -0.423 e. The zero-order valence-electron chi connectivity index (χ0n) is 26.7. The number of hydrogen-bond donors (Lipinski definition) is 3. The number of benzene rings is 2. The van der Waals surface area contributed by atoms with Gasteiger partial charge >= 0.3 is 5.63 Å². The molecule has 3 aromatic heterocycles. The highest BCUT2D eigenvalue weighted by Gasteiger charge is 2.33. The summed E-state index contributed by atoms with van der Waals surface area (Å²) in [5, 5.41) is 12.8. The summed E-state index contributed by atoms with van der Waals surface area (Å²) in [6.07, 6.45) is 10.8. The Morgan fingerprint density at radius 1 is 1.15 bits per heavy atom. The number of halogens is 1. The number of anilines is 2. The van der Waals surface area contributed by atoms with Crippen molar-refractivity contribution in [2.75, 3.05) is 24.7 Å². The van der Waals surface area contributed by atoms with E-state index in [1.54, 1.807) is 0 Å². The van der Waals surface area contributed by atoms with Crippen LogP contribution in [0.3, 0.4) is 0 Å². The van der Waals surface area contributed by atoms with Crippen LogP contribution in [0.5, 0.6) is 0 Å². The van der Waals surface area contributed by atoms with Crippen LogP contribution in [0.1, 0.15) is 60.5 Å². The number of aryl methyl sites for hydroxylation is 1. The van der Waals surface area contributed by atoms with Crippen molar-refractivity contribution < 1.29 is 13.9 Å². The van der Waals surface area contributed by atoms with E-state index in [0.717, 1.165) is 84.1 Å². The van der Waals surface area contributed by atoms with Gasteiger partial charge in [0.1, 0.15) is 12.1 Å². The molecule has 0 saturated heterocycles. The third kappa shape index (κ3) is 6.60. The van der Waals surface area contributed by atoms with E-state index in [2.05, 4.69) is 21.7 Å². The molecule has 2 unspecified atom stereocenters. The number of aromatic nitrogens is 4. The molecule has 0 spiro atoms. The fourth-order valence-corrected chi connectivity index (χ4v) is 7.41. The van der Waals surface area contributed by atoms with Gasteiger partial charge in [0.25, 0.3) is 0 Å². The Morgan fingerprint density at radius 2 is 2.00 bits per heavy atom. The number of unbranched alkanes of at least 4 members (excludes halogenated alkanes) is 1. The van der Waals surface area contributed by atoms with Crippen molar-refractivity contribution in [3.8, 4) is 0 Å². The van der Waals surface area contributed by atoms with E-state index in [0.29, 0.717) is 34.5 Å². The Balaban J connectivity index is 0.894. The maximum absolute atomic E-state index is 12.8. The lowest BCUT2D eigenvalue weighted by atomic mass is 9.70. The van der Waals surface area contributed by atoms with E-state index in [4.69, 9.17) is 26.7 Å². The maximum Gasteiger partial charge on any atom is 0.336 e. The zero-order chi connectivity index (χ0) is 32.7. The standard InChI is InChI=1S/C36H38ClN7O3/c1-43(2)27-7-9-28-23(16-34(46)47-32(28)18-27)15-33(45)39-19-26-20-44(42-41-26)10-4-3-5-21-11-22-13-24(12-21)35-31(14-22)40-30-17-25(37)6-8-29(30)36(35)38/h6-9,11,16-18,20,22,24H,3-5,10,12-15,19H2,1-2H3,(H3,38,39,40,45)/p+1. The number of fused-ring (bicyclic) bond motifs is 6. The highest BCUT2D eigenvalue weighted by atomic mass is 35.5. The van der Waals surface area contributed by atoms with Crippen LogP contribution in [0.2, 0.25) is 5.02 Å². The van der Waals surface area contributed by atoms with Crippen LogP contribution >= 0.6 is 11.6 Å². The van der Waals surface area contributed by atoms with Gasteiger partial charge in [0.05, 0.1) is 18.5 Å². The fourth-order valence-electron chi connectivity index (χ4n) is 7.24. The number of allylic oxidation sites excluding steroid dienone is 2. The molecule has 5 aromatic rings. The second kappa shape index (κ2) is 12.8. The molecule has 1 amide bonds. The normalized spacial score (nSPS) is 17.0. The van der Waals surface area contributed by atoms with Crippen molar-refractivity contribution in [3.05, 3.63) is 98.3 Å². The quantitative estimate of drug-likeness (QED) is 0.0801. The van der Waals surface area contributed by atoms with Crippen LogP contribution in [-0.4, -0.2) is 35.3 Å². The Bertz CT molecular complexity index is 2080. The van der Waals surface area contributed by atoms with Gasteiger partial charge in [-0.1, -0.05) is 28.5 Å². The molecule has 0 radical (unpaired) electrons. The van der Waals surface area contributed by atoms with E-state index in [-0.39, 0.29) is 12.3 Å². The predicted octanol–water partition coefficient (Wildman–Crippen LogP) is 5.36. The summed E-state index contributed by atoms with van der Waals surface area (Å²) in [5.41, 5.74) is 14.7. The number of amides is 1. The Morgan fingerprint density at radius 3 is 2.85 bits per heavy atom. The lowest BCUT2D eigenvalue weighted by molar-refractivity contribution is -0.754. The molecule has 2 bridgehead atoms. The number of pyridine rings is 1. The molecule has 7 rings (SSSR count). The van der Waals surface area contributed by atoms with Gasteiger partial charge in [-0.15, -0.1) is 0 Å². The molecule has 0 saturated carbocycles. The van der Waals surface area contributed by atoms with E-state index in [1.165, 1.54) is 17.2 Å². The maximum atomic E-state index is 12.8. The molecule has 0 fully saturated rings. The molecule has 4 N–H and O–H groups in total. The molecule has 3 heterocycles. The van der Waals surface area contributed by atoms with Crippen molar-refractivity contribution in [1.82, 2.24) is 20.6 Å². The van der Waals surface area contributed by atoms with Gasteiger partial charge in [-0.3, -0.25) is 9.78 Å². The highest BCUT2D eigenvalue weighted by molar-refractivity contribution is 6.31. The number of aromatic amines is 1. The summed E-state index contributed by atoms with van der Waals surface area (Å²) in [6.45, 7) is 1.11. The summed E-state index contributed by atoms with van der Waals surface area (Å²) >= 11 is 6.22. The number of nitrogens with two attached hydrogens (primary N) is 1. The Labute approximate surface area is 277 Å². The number of H-pyrrole nitrogens is 1. The van der Waals surface area contributed by atoms with E-state index >= 15 is 0 Å². The SMILES string of the molecule is CN(C)c1ccc2c(CC(=O)NCc3c[n+](CCCCC4=CC5Cc6nc7cc(Cl)ccc7c(N)c6C(C4)C5)[nH]n3)cc(=O)oc2c1. The van der Waals surface area contributed by atoms with Crippen molar-refractivity contribution in [3.63, 3.8) is 0 Å². The Hall–Kier alpha value is -4.70. The van der Waals surface area contributed by atoms with E-state index in [9.17, 15) is 9.59 Å². The summed E-state index contributed by atoms with van der Waals surface area (Å²) in [7, 11) is 3.84. The first kappa shape index (κ1) is 30.9. The van der Waals surface area contributed by atoms with Crippen molar-refractivity contribution in [2.45, 2.75) is 64.0 Å². The van der Waals surface area contributed by atoms with Gasteiger partial charge < -0.3 is 20.4 Å². The highest BCUT2D eigenvalue weighted by Crippen LogP contribution is 2.47. The number of rotatable bonds is 10. The first-order valence-corrected chi connectivity index (χ1v) is 16.6. The zero-order valence-corrected chi connectivity index (χ0v) is 27.4. The summed E-state index contributed by atoms with van der Waals surface area (Å²) in [4.78, 5) is 31.9. The molecule has 2 atom stereocenters. The van der Waals surface area contributed by atoms with Gasteiger partial charge in [-0.25, -0.2) is 4.79 Å². The molecule has 2 aromatic carbocycles. The fraction of sp³-hybridized carbons (Fsp3) is 0.361. The minimum atomic E-state index is -0.473. The molecule has 47 heavy (non-hydrogen) atoms. The molecule has 2 aliphatic carbocycles. The second-order valence-corrected chi connectivity index (χ2v) is 13.5. The first-order valence-electron chi connectivity index (χ1n) is 16.2. The Kier molecular flexibility index (Phi) is 8.44. The van der Waals surface area contributed by atoms with Crippen LogP contribution < -0.4 is 26.3 Å². The van der Waals surface area contributed by atoms with Crippen LogP contribution in [0.4, 0.5) is 11.4 Å². The van der Waals surface area contributed by atoms with Crippen LogP contribution in [0, 0.1) is 5.92 Å². The summed E-state index contributed by atoms with van der Waals surface area (Å²) < 4.78 is 7.35. The third-order valence-corrected chi connectivity index (χ3v) is 9.69. The smallest absolute Gasteiger partial charge is 0.336 e. The van der Waals surface area contributed by atoms with Gasteiger partial charge in [-0.2, -0.15) is 4.68 Å².